The minimum absolute atomic E-state index is 0.121. The zero-order valence-electron chi connectivity index (χ0n) is 13.3. The zero-order chi connectivity index (χ0) is 15.6. The van der Waals surface area contributed by atoms with Gasteiger partial charge >= 0.3 is 0 Å². The fourth-order valence-electron chi connectivity index (χ4n) is 2.29. The molecule has 21 heavy (non-hydrogen) atoms. The van der Waals surface area contributed by atoms with Crippen LogP contribution in [0.15, 0.2) is 28.1 Å². The molecule has 0 spiro atoms. The molecule has 1 aromatic carbocycles. The van der Waals surface area contributed by atoms with Crippen LogP contribution < -0.4 is 5.32 Å². The molecule has 114 valence electrons. The Morgan fingerprint density at radius 1 is 1.33 bits per heavy atom. The molecule has 0 amide bonds. The normalized spacial score (nSPS) is 13.4. The van der Waals surface area contributed by atoms with Crippen molar-refractivity contribution in [1.29, 1.82) is 0 Å². The Hall–Kier alpha value is -0.710. The van der Waals surface area contributed by atoms with E-state index in [1.807, 2.05) is 7.05 Å². The average molecular weight is 367 g/mol. The van der Waals surface area contributed by atoms with Gasteiger partial charge in [0.1, 0.15) is 0 Å². The number of halogens is 1. The summed E-state index contributed by atoms with van der Waals surface area (Å²) in [5, 5.41) is 6.81. The molecule has 4 heteroatoms. The molecule has 1 atom stereocenters. The van der Waals surface area contributed by atoms with Crippen molar-refractivity contribution in [2.45, 2.75) is 45.6 Å². The highest BCUT2D eigenvalue weighted by Gasteiger charge is 2.20. The SMILES string of the molecule is CNC(Cc1nc(C(C)(C)C)cs1)c1cccc(Br)c1C. The molecule has 0 aliphatic heterocycles. The van der Waals surface area contributed by atoms with Crippen LogP contribution in [0.4, 0.5) is 0 Å². The van der Waals surface area contributed by atoms with E-state index in [4.69, 9.17) is 4.98 Å². The lowest BCUT2D eigenvalue weighted by molar-refractivity contribution is 0.559. The van der Waals surface area contributed by atoms with Crippen molar-refractivity contribution in [3.05, 3.63) is 49.9 Å². The van der Waals surface area contributed by atoms with Gasteiger partial charge in [0.25, 0.3) is 0 Å². The van der Waals surface area contributed by atoms with Gasteiger partial charge in [0, 0.05) is 27.7 Å². The number of rotatable bonds is 4. The zero-order valence-corrected chi connectivity index (χ0v) is 15.7. The van der Waals surface area contributed by atoms with Gasteiger partial charge in [-0.2, -0.15) is 0 Å². The number of thiazole rings is 1. The Morgan fingerprint density at radius 3 is 2.62 bits per heavy atom. The monoisotopic (exact) mass is 366 g/mol. The summed E-state index contributed by atoms with van der Waals surface area (Å²) in [6.07, 6.45) is 0.925. The molecular weight excluding hydrogens is 344 g/mol. The molecule has 0 saturated carbocycles. The van der Waals surface area contributed by atoms with E-state index in [1.54, 1.807) is 11.3 Å². The van der Waals surface area contributed by atoms with Crippen LogP contribution in [0.25, 0.3) is 0 Å². The number of aromatic nitrogens is 1. The van der Waals surface area contributed by atoms with Gasteiger partial charge in [-0.3, -0.25) is 0 Å². The molecule has 1 N–H and O–H groups in total. The summed E-state index contributed by atoms with van der Waals surface area (Å²) in [6.45, 7) is 8.78. The molecular formula is C17H23BrN2S. The van der Waals surface area contributed by atoms with E-state index in [0.717, 1.165) is 10.9 Å². The molecule has 2 aromatic rings. The van der Waals surface area contributed by atoms with Crippen molar-refractivity contribution >= 4 is 27.3 Å². The second-order valence-corrected chi connectivity index (χ2v) is 8.17. The maximum Gasteiger partial charge on any atom is 0.0947 e. The number of benzene rings is 1. The number of hydrogen-bond acceptors (Lipinski definition) is 3. The van der Waals surface area contributed by atoms with Crippen molar-refractivity contribution in [3.8, 4) is 0 Å². The predicted octanol–water partition coefficient (Wildman–Crippen LogP) is 5.01. The topological polar surface area (TPSA) is 24.9 Å². The number of hydrogen-bond donors (Lipinski definition) is 1. The predicted molar refractivity (Wildman–Crippen MR) is 95.2 cm³/mol. The first-order valence-corrected chi connectivity index (χ1v) is 8.87. The molecule has 0 radical (unpaired) electrons. The molecule has 0 aliphatic carbocycles. The second-order valence-electron chi connectivity index (χ2n) is 6.38. The minimum Gasteiger partial charge on any atom is -0.313 e. The summed E-state index contributed by atoms with van der Waals surface area (Å²) in [7, 11) is 2.02. The van der Waals surface area contributed by atoms with Crippen molar-refractivity contribution < 1.29 is 0 Å². The quantitative estimate of drug-likeness (QED) is 0.821. The van der Waals surface area contributed by atoms with E-state index in [-0.39, 0.29) is 5.41 Å². The largest absolute Gasteiger partial charge is 0.313 e. The Balaban J connectivity index is 2.23. The highest BCUT2D eigenvalue weighted by Crippen LogP contribution is 2.29. The van der Waals surface area contributed by atoms with E-state index < -0.39 is 0 Å². The van der Waals surface area contributed by atoms with Crippen LogP contribution in [-0.4, -0.2) is 12.0 Å². The van der Waals surface area contributed by atoms with Gasteiger partial charge in [0.05, 0.1) is 10.7 Å². The van der Waals surface area contributed by atoms with Gasteiger partial charge in [0.2, 0.25) is 0 Å². The fraction of sp³-hybridized carbons (Fsp3) is 0.471. The fourth-order valence-corrected chi connectivity index (χ4v) is 3.74. The number of likely N-dealkylation sites (N-methyl/N-ethyl adjacent to an activating group) is 1. The molecule has 0 fully saturated rings. The highest BCUT2D eigenvalue weighted by atomic mass is 79.9. The lowest BCUT2D eigenvalue weighted by Gasteiger charge is -2.19. The molecule has 0 aliphatic rings. The second kappa shape index (κ2) is 6.59. The van der Waals surface area contributed by atoms with Crippen LogP contribution in [0, 0.1) is 6.92 Å². The summed E-state index contributed by atoms with van der Waals surface area (Å²) in [6, 6.07) is 6.67. The molecule has 2 rings (SSSR count). The van der Waals surface area contributed by atoms with Crippen LogP contribution in [0.2, 0.25) is 0 Å². The Bertz CT molecular complexity index is 613. The van der Waals surface area contributed by atoms with E-state index >= 15 is 0 Å². The van der Waals surface area contributed by atoms with Crippen molar-refractivity contribution in [2.75, 3.05) is 7.05 Å². The molecule has 0 bridgehead atoms. The number of nitrogens with one attached hydrogen (secondary N) is 1. The van der Waals surface area contributed by atoms with E-state index in [0.29, 0.717) is 6.04 Å². The first-order chi connectivity index (χ1) is 9.82. The third-order valence-electron chi connectivity index (χ3n) is 3.73. The van der Waals surface area contributed by atoms with E-state index in [1.165, 1.54) is 21.8 Å². The smallest absolute Gasteiger partial charge is 0.0947 e. The molecule has 1 aromatic heterocycles. The van der Waals surface area contributed by atoms with Crippen molar-refractivity contribution in [3.63, 3.8) is 0 Å². The van der Waals surface area contributed by atoms with E-state index in [9.17, 15) is 0 Å². The maximum atomic E-state index is 4.81. The van der Waals surface area contributed by atoms with Gasteiger partial charge < -0.3 is 5.32 Å². The Morgan fingerprint density at radius 2 is 2.05 bits per heavy atom. The average Bonchev–Trinajstić information content (AvgIpc) is 2.88. The lowest BCUT2D eigenvalue weighted by atomic mass is 9.93. The van der Waals surface area contributed by atoms with Gasteiger partial charge in [0.15, 0.2) is 0 Å². The summed E-state index contributed by atoms with van der Waals surface area (Å²) in [5.41, 5.74) is 3.93. The van der Waals surface area contributed by atoms with Gasteiger partial charge in [-0.15, -0.1) is 11.3 Å². The van der Waals surface area contributed by atoms with Gasteiger partial charge in [-0.05, 0) is 31.2 Å². The Kier molecular flexibility index (Phi) is 5.23. The standard InChI is InChI=1S/C17H23BrN2S/c1-11-12(7-6-8-13(11)18)14(19-5)9-16-20-15(10-21-16)17(2,3)4/h6-8,10,14,19H,9H2,1-5H3. The third-order valence-corrected chi connectivity index (χ3v) is 5.46. The third kappa shape index (κ3) is 3.93. The highest BCUT2D eigenvalue weighted by molar-refractivity contribution is 9.10. The molecule has 1 heterocycles. The molecule has 1 unspecified atom stereocenters. The minimum atomic E-state index is 0.121. The van der Waals surface area contributed by atoms with E-state index in [2.05, 4.69) is 72.5 Å². The van der Waals surface area contributed by atoms with Gasteiger partial charge in [-0.25, -0.2) is 4.98 Å². The Labute approximate surface area is 140 Å². The summed E-state index contributed by atoms with van der Waals surface area (Å²) >= 11 is 5.38. The summed E-state index contributed by atoms with van der Waals surface area (Å²) in [5.74, 6) is 0. The van der Waals surface area contributed by atoms with Crippen LogP contribution in [0.1, 0.15) is 48.6 Å². The summed E-state index contributed by atoms with van der Waals surface area (Å²) < 4.78 is 1.16. The maximum absolute atomic E-state index is 4.81. The van der Waals surface area contributed by atoms with Gasteiger partial charge in [-0.1, -0.05) is 48.8 Å². The first-order valence-electron chi connectivity index (χ1n) is 7.20. The molecule has 0 saturated heterocycles. The lowest BCUT2D eigenvalue weighted by Crippen LogP contribution is -2.20. The van der Waals surface area contributed by atoms with Crippen LogP contribution in [-0.2, 0) is 11.8 Å². The molecule has 2 nitrogen and oxygen atoms in total. The summed E-state index contributed by atoms with van der Waals surface area (Å²) in [4.78, 5) is 4.81. The van der Waals surface area contributed by atoms with Crippen molar-refractivity contribution in [2.24, 2.45) is 0 Å². The number of nitrogens with zero attached hydrogens (tertiary/aromatic N) is 1. The van der Waals surface area contributed by atoms with Crippen molar-refractivity contribution in [1.82, 2.24) is 10.3 Å². The van der Waals surface area contributed by atoms with Crippen LogP contribution >= 0.6 is 27.3 Å². The van der Waals surface area contributed by atoms with Crippen LogP contribution in [0.5, 0.6) is 0 Å². The first kappa shape index (κ1) is 16.7. The van der Waals surface area contributed by atoms with Crippen LogP contribution in [0.3, 0.4) is 0 Å².